The van der Waals surface area contributed by atoms with E-state index in [1.807, 2.05) is 36.4 Å². The molecule has 1 aromatic heterocycles. The zero-order chi connectivity index (χ0) is 21.3. The van der Waals surface area contributed by atoms with E-state index in [0.717, 1.165) is 43.2 Å². The Bertz CT molecular complexity index is 1030. The van der Waals surface area contributed by atoms with Gasteiger partial charge in [-0.2, -0.15) is 5.10 Å². The summed E-state index contributed by atoms with van der Waals surface area (Å²) in [7, 11) is 0. The van der Waals surface area contributed by atoms with Crippen molar-refractivity contribution in [3.8, 4) is 11.4 Å². The number of aliphatic hydroxyl groups excluding tert-OH is 1. The first-order chi connectivity index (χ1) is 14.4. The number of hydrogen-bond donors (Lipinski definition) is 2. The second-order valence-electron chi connectivity index (χ2n) is 7.72. The third kappa shape index (κ3) is 3.91. The zero-order valence-electron chi connectivity index (χ0n) is 17.2. The molecule has 2 heterocycles. The predicted molar refractivity (Wildman–Crippen MR) is 117 cm³/mol. The molecule has 1 fully saturated rings. The first-order valence-corrected chi connectivity index (χ1v) is 10.2. The fourth-order valence-electron chi connectivity index (χ4n) is 3.69. The summed E-state index contributed by atoms with van der Waals surface area (Å²) in [6.07, 6.45) is 0.834. The van der Waals surface area contributed by atoms with Gasteiger partial charge in [-0.1, -0.05) is 0 Å². The Labute approximate surface area is 175 Å². The minimum atomic E-state index is -0.659. The van der Waals surface area contributed by atoms with Gasteiger partial charge in [0.15, 0.2) is 0 Å². The van der Waals surface area contributed by atoms with Gasteiger partial charge in [-0.15, -0.1) is 0 Å². The SMILES string of the molecule is C[C@H](O)[C@H](C)n1ncn(-c2ccc(N3CCN(c4ccc(O)cc4)CC3)cc2)c1=O. The monoisotopic (exact) mass is 409 g/mol. The van der Waals surface area contributed by atoms with Crippen LogP contribution >= 0.6 is 0 Å². The summed E-state index contributed by atoms with van der Waals surface area (Å²) in [5, 5.41) is 23.3. The molecule has 30 heavy (non-hydrogen) atoms. The number of anilines is 2. The molecule has 0 radical (unpaired) electrons. The Kier molecular flexibility index (Phi) is 5.50. The average Bonchev–Trinajstić information content (AvgIpc) is 3.15. The number of nitrogens with zero attached hydrogens (tertiary/aromatic N) is 5. The Morgan fingerprint density at radius 2 is 1.30 bits per heavy atom. The summed E-state index contributed by atoms with van der Waals surface area (Å²) >= 11 is 0. The number of aromatic nitrogens is 3. The van der Waals surface area contributed by atoms with Crippen molar-refractivity contribution in [2.75, 3.05) is 36.0 Å². The Balaban J connectivity index is 1.44. The molecule has 2 atom stereocenters. The third-order valence-corrected chi connectivity index (χ3v) is 5.77. The van der Waals surface area contributed by atoms with Crippen LogP contribution in [0.25, 0.3) is 5.69 Å². The van der Waals surface area contributed by atoms with E-state index in [1.54, 1.807) is 26.0 Å². The molecule has 0 amide bonds. The van der Waals surface area contributed by atoms with Gasteiger partial charge in [-0.3, -0.25) is 0 Å². The maximum Gasteiger partial charge on any atom is 0.350 e. The highest BCUT2D eigenvalue weighted by atomic mass is 16.3. The van der Waals surface area contributed by atoms with E-state index in [4.69, 9.17) is 0 Å². The van der Waals surface area contributed by atoms with Gasteiger partial charge < -0.3 is 20.0 Å². The summed E-state index contributed by atoms with van der Waals surface area (Å²) in [5.41, 5.74) is 2.71. The fraction of sp³-hybridized carbons (Fsp3) is 0.364. The second-order valence-corrected chi connectivity index (χ2v) is 7.72. The second kappa shape index (κ2) is 8.23. The molecule has 1 aliphatic rings. The van der Waals surface area contributed by atoms with Gasteiger partial charge in [-0.05, 0) is 62.4 Å². The van der Waals surface area contributed by atoms with E-state index in [9.17, 15) is 15.0 Å². The van der Waals surface area contributed by atoms with Crippen LogP contribution in [0.4, 0.5) is 11.4 Å². The molecule has 2 N–H and O–H groups in total. The van der Waals surface area contributed by atoms with Crippen molar-refractivity contribution in [1.82, 2.24) is 14.3 Å². The molecule has 0 unspecified atom stereocenters. The van der Waals surface area contributed by atoms with Crippen LogP contribution in [0.1, 0.15) is 19.9 Å². The van der Waals surface area contributed by atoms with E-state index in [1.165, 1.54) is 15.6 Å². The number of aromatic hydroxyl groups is 1. The molecule has 1 aliphatic heterocycles. The highest BCUT2D eigenvalue weighted by Crippen LogP contribution is 2.23. The van der Waals surface area contributed by atoms with Crippen molar-refractivity contribution in [2.45, 2.75) is 26.0 Å². The van der Waals surface area contributed by atoms with Gasteiger partial charge in [-0.25, -0.2) is 14.0 Å². The first kappa shape index (κ1) is 20.0. The summed E-state index contributed by atoms with van der Waals surface area (Å²) in [6, 6.07) is 14.8. The van der Waals surface area contributed by atoms with Crippen LogP contribution in [-0.2, 0) is 0 Å². The largest absolute Gasteiger partial charge is 0.508 e. The highest BCUT2D eigenvalue weighted by Gasteiger charge is 2.19. The Morgan fingerprint density at radius 3 is 1.80 bits per heavy atom. The maximum absolute atomic E-state index is 12.6. The smallest absolute Gasteiger partial charge is 0.350 e. The molecule has 4 rings (SSSR count). The molecule has 0 spiro atoms. The molecule has 8 heteroatoms. The minimum Gasteiger partial charge on any atom is -0.508 e. The van der Waals surface area contributed by atoms with Gasteiger partial charge >= 0.3 is 5.69 Å². The summed E-state index contributed by atoms with van der Waals surface area (Å²) < 4.78 is 2.80. The first-order valence-electron chi connectivity index (χ1n) is 10.2. The van der Waals surface area contributed by atoms with Crippen LogP contribution in [0, 0.1) is 0 Å². The van der Waals surface area contributed by atoms with Gasteiger partial charge in [0, 0.05) is 37.6 Å². The average molecular weight is 409 g/mol. The predicted octanol–water partition coefficient (Wildman–Crippen LogP) is 2.01. The molecule has 0 bridgehead atoms. The fourth-order valence-corrected chi connectivity index (χ4v) is 3.69. The van der Waals surface area contributed by atoms with Gasteiger partial charge in [0.25, 0.3) is 0 Å². The molecule has 2 aromatic carbocycles. The molecule has 8 nitrogen and oxygen atoms in total. The number of rotatable bonds is 5. The summed E-state index contributed by atoms with van der Waals surface area (Å²) in [5.74, 6) is 0.280. The lowest BCUT2D eigenvalue weighted by atomic mass is 10.2. The van der Waals surface area contributed by atoms with Crippen LogP contribution < -0.4 is 15.5 Å². The highest BCUT2D eigenvalue weighted by molar-refractivity contribution is 5.54. The molecule has 158 valence electrons. The van der Waals surface area contributed by atoms with Crippen LogP contribution in [0.5, 0.6) is 5.75 Å². The van der Waals surface area contributed by atoms with Crippen molar-refractivity contribution in [3.05, 3.63) is 65.3 Å². The van der Waals surface area contributed by atoms with Crippen molar-refractivity contribution in [2.24, 2.45) is 0 Å². The quantitative estimate of drug-likeness (QED) is 0.670. The maximum atomic E-state index is 12.6. The van der Waals surface area contributed by atoms with E-state index in [0.29, 0.717) is 0 Å². The number of phenols is 1. The lowest BCUT2D eigenvalue weighted by Crippen LogP contribution is -2.46. The number of phenolic OH excluding ortho intramolecular Hbond substituents is 1. The van der Waals surface area contributed by atoms with E-state index < -0.39 is 6.10 Å². The van der Waals surface area contributed by atoms with Crippen molar-refractivity contribution < 1.29 is 10.2 Å². The molecule has 1 saturated heterocycles. The van der Waals surface area contributed by atoms with Gasteiger partial charge in [0.05, 0.1) is 17.8 Å². The number of hydrogen-bond acceptors (Lipinski definition) is 6. The van der Waals surface area contributed by atoms with Crippen LogP contribution in [-0.4, -0.2) is 56.8 Å². The lowest BCUT2D eigenvalue weighted by molar-refractivity contribution is 0.130. The molecule has 3 aromatic rings. The number of piperazine rings is 1. The Morgan fingerprint density at radius 1 is 0.833 bits per heavy atom. The number of aliphatic hydroxyl groups is 1. The summed E-state index contributed by atoms with van der Waals surface area (Å²) in [4.78, 5) is 17.2. The van der Waals surface area contributed by atoms with Crippen LogP contribution in [0.2, 0.25) is 0 Å². The lowest BCUT2D eigenvalue weighted by Gasteiger charge is -2.37. The minimum absolute atomic E-state index is 0.265. The topological polar surface area (TPSA) is 86.8 Å². The van der Waals surface area contributed by atoms with Crippen molar-refractivity contribution >= 4 is 11.4 Å². The third-order valence-electron chi connectivity index (χ3n) is 5.77. The molecular weight excluding hydrogens is 382 g/mol. The number of benzene rings is 2. The van der Waals surface area contributed by atoms with E-state index in [-0.39, 0.29) is 17.5 Å². The molecule has 0 aliphatic carbocycles. The summed E-state index contributed by atoms with van der Waals surface area (Å²) in [6.45, 7) is 7.00. The molecule has 0 saturated carbocycles. The van der Waals surface area contributed by atoms with E-state index >= 15 is 0 Å². The van der Waals surface area contributed by atoms with Crippen LogP contribution in [0.3, 0.4) is 0 Å². The van der Waals surface area contributed by atoms with Crippen LogP contribution in [0.15, 0.2) is 59.7 Å². The Hall–Kier alpha value is -3.26. The van der Waals surface area contributed by atoms with Crippen molar-refractivity contribution in [1.29, 1.82) is 0 Å². The van der Waals surface area contributed by atoms with Gasteiger partial charge in [0.2, 0.25) is 0 Å². The van der Waals surface area contributed by atoms with Crippen molar-refractivity contribution in [3.63, 3.8) is 0 Å². The normalized spacial score (nSPS) is 16.5. The van der Waals surface area contributed by atoms with E-state index in [2.05, 4.69) is 14.9 Å². The molecular formula is C22H27N5O3. The zero-order valence-corrected chi connectivity index (χ0v) is 17.2. The van der Waals surface area contributed by atoms with Gasteiger partial charge in [0.1, 0.15) is 12.1 Å². The standard InChI is InChI=1S/C22H27N5O3/c1-16(17(2)28)27-22(30)26(15-23-27)20-5-3-18(4-6-20)24-11-13-25(14-12-24)19-7-9-21(29)10-8-19/h3-10,15-17,28-29H,11-14H2,1-2H3/t16-,17-/m0/s1.